The molecule has 0 fully saturated rings. The number of benzene rings is 1. The Kier molecular flexibility index (Phi) is 4.05. The smallest absolute Gasteiger partial charge is 0.416 e. The molecule has 1 aromatic carbocycles. The Morgan fingerprint density at radius 2 is 1.84 bits per heavy atom. The van der Waals surface area contributed by atoms with Crippen molar-refractivity contribution < 1.29 is 28.2 Å². The van der Waals surface area contributed by atoms with Gasteiger partial charge in [-0.3, -0.25) is 4.79 Å². The van der Waals surface area contributed by atoms with Gasteiger partial charge in [-0.05, 0) is 38.0 Å². The first-order valence-corrected chi connectivity index (χ1v) is 5.65. The van der Waals surface area contributed by atoms with Crippen LogP contribution in [0.15, 0.2) is 12.1 Å². The molecule has 2 N–H and O–H groups in total. The van der Waals surface area contributed by atoms with Crippen LogP contribution < -0.4 is 0 Å². The Hall–Kier alpha value is -1.43. The predicted molar refractivity (Wildman–Crippen MR) is 63.2 cm³/mol. The van der Waals surface area contributed by atoms with Crippen LogP contribution in [0.3, 0.4) is 0 Å². The van der Waals surface area contributed by atoms with Crippen molar-refractivity contribution in [3.05, 3.63) is 28.3 Å². The van der Waals surface area contributed by atoms with Gasteiger partial charge in [-0.2, -0.15) is 13.2 Å². The van der Waals surface area contributed by atoms with Crippen molar-refractivity contribution in [3.8, 4) is 5.75 Å². The molecule has 1 rings (SSSR count). The maximum absolute atomic E-state index is 12.6. The van der Waals surface area contributed by atoms with E-state index in [9.17, 15) is 23.1 Å². The fourth-order valence-electron chi connectivity index (χ4n) is 1.51. The van der Waals surface area contributed by atoms with E-state index in [1.165, 1.54) is 13.8 Å². The minimum atomic E-state index is -4.61. The monoisotopic (exact) mass is 296 g/mol. The van der Waals surface area contributed by atoms with Crippen LogP contribution in [0.1, 0.15) is 25.0 Å². The van der Waals surface area contributed by atoms with E-state index in [0.717, 1.165) is 0 Å². The minimum Gasteiger partial charge on any atom is -0.506 e. The largest absolute Gasteiger partial charge is 0.506 e. The maximum Gasteiger partial charge on any atom is 0.416 e. The van der Waals surface area contributed by atoms with Gasteiger partial charge < -0.3 is 10.2 Å². The summed E-state index contributed by atoms with van der Waals surface area (Å²) in [7, 11) is 0. The van der Waals surface area contributed by atoms with Crippen molar-refractivity contribution in [2.24, 2.45) is 5.41 Å². The first-order valence-electron chi connectivity index (χ1n) is 5.27. The SMILES string of the molecule is CC(C)(Cc1cc(C(F)(F)F)cc(Cl)c1O)C(=O)O. The first-order chi connectivity index (χ1) is 8.45. The second kappa shape index (κ2) is 4.92. The number of rotatable bonds is 3. The summed E-state index contributed by atoms with van der Waals surface area (Å²) in [6.45, 7) is 2.70. The molecule has 7 heteroatoms. The zero-order valence-electron chi connectivity index (χ0n) is 10.2. The number of aromatic hydroxyl groups is 1. The van der Waals surface area contributed by atoms with Crippen molar-refractivity contribution in [3.63, 3.8) is 0 Å². The first kappa shape index (κ1) is 15.6. The highest BCUT2D eigenvalue weighted by molar-refractivity contribution is 6.32. The molecule has 0 heterocycles. The van der Waals surface area contributed by atoms with Gasteiger partial charge in [0.15, 0.2) is 0 Å². The van der Waals surface area contributed by atoms with Crippen LogP contribution in [0, 0.1) is 5.41 Å². The van der Waals surface area contributed by atoms with Crippen molar-refractivity contribution in [2.75, 3.05) is 0 Å². The third kappa shape index (κ3) is 3.53. The molecule has 0 atom stereocenters. The number of hydrogen-bond donors (Lipinski definition) is 2. The van der Waals surface area contributed by atoms with Gasteiger partial charge in [0.2, 0.25) is 0 Å². The summed E-state index contributed by atoms with van der Waals surface area (Å²) in [5.74, 6) is -1.70. The van der Waals surface area contributed by atoms with Crippen LogP contribution in [-0.4, -0.2) is 16.2 Å². The van der Waals surface area contributed by atoms with Gasteiger partial charge >= 0.3 is 12.1 Å². The van der Waals surface area contributed by atoms with E-state index < -0.39 is 33.9 Å². The highest BCUT2D eigenvalue weighted by Crippen LogP contribution is 2.39. The Morgan fingerprint density at radius 1 is 1.32 bits per heavy atom. The van der Waals surface area contributed by atoms with E-state index >= 15 is 0 Å². The predicted octanol–water partition coefficient (Wildman–Crippen LogP) is 3.72. The van der Waals surface area contributed by atoms with E-state index in [2.05, 4.69) is 0 Å². The topological polar surface area (TPSA) is 57.5 Å². The fourth-order valence-corrected chi connectivity index (χ4v) is 1.75. The fraction of sp³-hybridized carbons (Fsp3) is 0.417. The molecule has 106 valence electrons. The second-order valence-corrected chi connectivity index (χ2v) is 5.24. The second-order valence-electron chi connectivity index (χ2n) is 4.83. The summed E-state index contributed by atoms with van der Waals surface area (Å²) in [6.07, 6.45) is -4.88. The molecule has 0 amide bonds. The molecule has 0 saturated heterocycles. The third-order valence-corrected chi connectivity index (χ3v) is 2.97. The van der Waals surface area contributed by atoms with Crippen molar-refractivity contribution in [1.29, 1.82) is 0 Å². The lowest BCUT2D eigenvalue weighted by Crippen LogP contribution is -2.26. The number of phenols is 1. The minimum absolute atomic E-state index is 0.146. The maximum atomic E-state index is 12.6. The van der Waals surface area contributed by atoms with Gasteiger partial charge in [0.05, 0.1) is 16.0 Å². The van der Waals surface area contributed by atoms with Gasteiger partial charge in [0, 0.05) is 0 Å². The van der Waals surface area contributed by atoms with Crippen LogP contribution >= 0.6 is 11.6 Å². The quantitative estimate of drug-likeness (QED) is 0.894. The molecule has 0 unspecified atom stereocenters. The summed E-state index contributed by atoms with van der Waals surface area (Å²) in [5.41, 5.74) is -2.48. The Balaban J connectivity index is 3.28. The van der Waals surface area contributed by atoms with Crippen molar-refractivity contribution in [2.45, 2.75) is 26.4 Å². The van der Waals surface area contributed by atoms with Crippen molar-refractivity contribution in [1.82, 2.24) is 0 Å². The molecule has 0 aliphatic heterocycles. The molecular formula is C12H12ClF3O3. The zero-order valence-corrected chi connectivity index (χ0v) is 10.9. The Labute approximate surface area is 112 Å². The summed E-state index contributed by atoms with van der Waals surface area (Å²) < 4.78 is 37.8. The number of aliphatic carboxylic acids is 1. The number of carboxylic acids is 1. The van der Waals surface area contributed by atoms with Gasteiger partial charge in [0.1, 0.15) is 5.75 Å². The molecule has 0 aliphatic rings. The Morgan fingerprint density at radius 3 is 2.26 bits per heavy atom. The Bertz CT molecular complexity index is 510. The summed E-state index contributed by atoms with van der Waals surface area (Å²) in [6, 6.07) is 1.32. The average Bonchev–Trinajstić information content (AvgIpc) is 2.22. The lowest BCUT2D eigenvalue weighted by atomic mass is 9.85. The standard InChI is InChI=1S/C12H12ClF3O3/c1-11(2,10(18)19)5-6-3-7(12(14,15)16)4-8(13)9(6)17/h3-4,17H,5H2,1-2H3,(H,18,19). The summed E-state index contributed by atoms with van der Waals surface area (Å²) >= 11 is 5.54. The number of alkyl halides is 3. The van der Waals surface area contributed by atoms with E-state index in [1.54, 1.807) is 0 Å². The van der Waals surface area contributed by atoms with Gasteiger partial charge in [-0.25, -0.2) is 0 Å². The summed E-state index contributed by atoms with van der Waals surface area (Å²) in [5, 5.41) is 18.1. The molecular weight excluding hydrogens is 285 g/mol. The van der Waals surface area contributed by atoms with Crippen molar-refractivity contribution >= 4 is 17.6 Å². The van der Waals surface area contributed by atoms with Crippen LogP contribution in [0.5, 0.6) is 5.75 Å². The van der Waals surface area contributed by atoms with E-state index in [-0.39, 0.29) is 12.0 Å². The molecule has 0 aliphatic carbocycles. The van der Waals surface area contributed by atoms with E-state index in [4.69, 9.17) is 16.7 Å². The lowest BCUT2D eigenvalue weighted by Gasteiger charge is -2.21. The van der Waals surface area contributed by atoms with Crippen LogP contribution in [0.25, 0.3) is 0 Å². The zero-order chi connectivity index (χ0) is 15.0. The number of carboxylic acid groups (broad SMARTS) is 1. The van der Waals surface area contributed by atoms with Crippen LogP contribution in [0.4, 0.5) is 13.2 Å². The number of hydrogen-bond acceptors (Lipinski definition) is 2. The van der Waals surface area contributed by atoms with Crippen LogP contribution in [0.2, 0.25) is 5.02 Å². The number of phenolic OH excluding ortho intramolecular Hbond substituents is 1. The molecule has 3 nitrogen and oxygen atoms in total. The molecule has 0 bridgehead atoms. The highest BCUT2D eigenvalue weighted by atomic mass is 35.5. The normalized spacial score (nSPS) is 12.5. The number of halogens is 4. The van der Waals surface area contributed by atoms with Gasteiger partial charge in [-0.15, -0.1) is 0 Å². The average molecular weight is 297 g/mol. The molecule has 1 aromatic rings. The number of carbonyl (C=O) groups is 1. The highest BCUT2D eigenvalue weighted by Gasteiger charge is 2.34. The van der Waals surface area contributed by atoms with Gasteiger partial charge in [0.25, 0.3) is 0 Å². The molecule has 0 spiro atoms. The molecule has 0 aromatic heterocycles. The third-order valence-electron chi connectivity index (χ3n) is 2.68. The summed E-state index contributed by atoms with van der Waals surface area (Å²) in [4.78, 5) is 11.0. The molecule has 19 heavy (non-hydrogen) atoms. The molecule has 0 saturated carbocycles. The van der Waals surface area contributed by atoms with Crippen LogP contribution in [-0.2, 0) is 17.4 Å². The van der Waals surface area contributed by atoms with E-state index in [1.807, 2.05) is 0 Å². The van der Waals surface area contributed by atoms with Gasteiger partial charge in [-0.1, -0.05) is 11.6 Å². The lowest BCUT2D eigenvalue weighted by molar-refractivity contribution is -0.146. The van der Waals surface area contributed by atoms with E-state index in [0.29, 0.717) is 12.1 Å². The molecule has 0 radical (unpaired) electrons.